The minimum atomic E-state index is -0.599. The lowest BCUT2D eigenvalue weighted by Gasteiger charge is -2.39. The fourth-order valence-electron chi connectivity index (χ4n) is 6.58. The molecule has 2 aromatic carbocycles. The predicted molar refractivity (Wildman–Crippen MR) is 171 cm³/mol. The first-order valence-electron chi connectivity index (χ1n) is 16.1. The van der Waals surface area contributed by atoms with E-state index in [1.54, 1.807) is 12.1 Å². The summed E-state index contributed by atoms with van der Waals surface area (Å²) in [6, 6.07) is 6.69. The highest BCUT2D eigenvalue weighted by Crippen LogP contribution is 2.55. The maximum atomic E-state index is 13.3. The van der Waals surface area contributed by atoms with Crippen LogP contribution in [-0.2, 0) is 14.3 Å². The topological polar surface area (TPSA) is 175 Å². The third-order valence-electron chi connectivity index (χ3n) is 8.87. The zero-order chi connectivity index (χ0) is 32.5. The van der Waals surface area contributed by atoms with Crippen LogP contribution in [0.5, 0.6) is 28.7 Å². The monoisotopic (exact) mass is 641 g/mol. The highest BCUT2D eigenvalue weighted by atomic mass is 16.7. The number of phenols is 1. The molecular formula is C33H47N5O8. The van der Waals surface area contributed by atoms with Gasteiger partial charge in [-0.1, -0.05) is 0 Å². The van der Waals surface area contributed by atoms with E-state index >= 15 is 0 Å². The van der Waals surface area contributed by atoms with E-state index in [1.165, 1.54) is 14.2 Å². The molecule has 5 rings (SSSR count). The maximum absolute atomic E-state index is 13.3. The standard InChI is InChI=1S/C33H47N5O8/c1-42-26-13-20(14-27(43-2)32(26)40)29-21-15-24-25(46-19-45-24)16-22(21)31(23-18-44-33(41)30(23)29)38-28(39)17-37-12-6-11-36-9-4-3-8-35-10-5-7-34/h13-16,23,29-31,35-37,40H,3-12,17-19,34H2,1-2H3,(H,38,39)/t23-,29?,30?,31+/m0/s1. The first kappa shape index (κ1) is 33.6. The number of cyclic esters (lactones) is 1. The summed E-state index contributed by atoms with van der Waals surface area (Å²) in [5, 5.41) is 23.8. The molecular weight excluding hydrogens is 594 g/mol. The second-order valence-electron chi connectivity index (χ2n) is 11.8. The zero-order valence-electron chi connectivity index (χ0n) is 26.7. The second-order valence-corrected chi connectivity index (χ2v) is 11.8. The van der Waals surface area contributed by atoms with Gasteiger partial charge in [-0.05, 0) is 106 Å². The number of methoxy groups -OCH3 is 2. The lowest BCUT2D eigenvalue weighted by atomic mass is 9.65. The van der Waals surface area contributed by atoms with Crippen LogP contribution in [0.2, 0.25) is 0 Å². The number of nitrogens with one attached hydrogen (secondary N) is 4. The molecule has 2 heterocycles. The largest absolute Gasteiger partial charge is 0.502 e. The summed E-state index contributed by atoms with van der Waals surface area (Å²) >= 11 is 0. The molecule has 0 bridgehead atoms. The number of nitrogens with two attached hydrogens (primary N) is 1. The summed E-state index contributed by atoms with van der Waals surface area (Å²) in [6.07, 6.45) is 4.13. The number of amides is 1. The van der Waals surface area contributed by atoms with Crippen LogP contribution in [0.1, 0.15) is 54.3 Å². The Hall–Kier alpha value is -3.78. The molecule has 2 unspecified atom stereocenters. The van der Waals surface area contributed by atoms with E-state index in [0.717, 1.165) is 69.5 Å². The zero-order valence-corrected chi connectivity index (χ0v) is 26.7. The summed E-state index contributed by atoms with van der Waals surface area (Å²) in [5.74, 6) is -0.468. The molecule has 0 spiro atoms. The van der Waals surface area contributed by atoms with Gasteiger partial charge >= 0.3 is 5.97 Å². The van der Waals surface area contributed by atoms with Crippen molar-refractivity contribution >= 4 is 11.9 Å². The summed E-state index contributed by atoms with van der Waals surface area (Å²) < 4.78 is 27.9. The van der Waals surface area contributed by atoms with Crippen molar-refractivity contribution in [3.05, 3.63) is 41.0 Å². The number of hydrogen-bond acceptors (Lipinski definition) is 12. The van der Waals surface area contributed by atoms with Gasteiger partial charge in [-0.25, -0.2) is 0 Å². The van der Waals surface area contributed by atoms with Gasteiger partial charge in [0.05, 0.1) is 39.3 Å². The van der Waals surface area contributed by atoms with E-state index in [9.17, 15) is 14.7 Å². The molecule has 1 aliphatic carbocycles. The summed E-state index contributed by atoms with van der Waals surface area (Å²) in [4.78, 5) is 26.6. The van der Waals surface area contributed by atoms with Gasteiger partial charge < -0.3 is 55.8 Å². The number of phenolic OH excluding ortho intramolecular Hbond substituents is 1. The molecule has 2 aliphatic heterocycles. The number of hydrogen-bond donors (Lipinski definition) is 6. The molecule has 1 fully saturated rings. The molecule has 252 valence electrons. The molecule has 4 atom stereocenters. The molecule has 13 nitrogen and oxygen atoms in total. The molecule has 2 aromatic rings. The molecule has 13 heteroatoms. The maximum Gasteiger partial charge on any atom is 0.310 e. The highest BCUT2D eigenvalue weighted by molar-refractivity contribution is 5.81. The lowest BCUT2D eigenvalue weighted by Crippen LogP contribution is -2.45. The smallest absolute Gasteiger partial charge is 0.310 e. The van der Waals surface area contributed by atoms with Crippen LogP contribution in [0, 0.1) is 11.8 Å². The summed E-state index contributed by atoms with van der Waals surface area (Å²) in [7, 11) is 2.92. The number of aromatic hydroxyl groups is 1. The molecule has 0 saturated carbocycles. The Morgan fingerprint density at radius 3 is 2.13 bits per heavy atom. The van der Waals surface area contributed by atoms with Crippen molar-refractivity contribution in [2.45, 2.75) is 37.6 Å². The molecule has 3 aliphatic rings. The van der Waals surface area contributed by atoms with Crippen LogP contribution in [0.3, 0.4) is 0 Å². The van der Waals surface area contributed by atoms with Crippen LogP contribution in [-0.4, -0.2) is 90.4 Å². The third-order valence-corrected chi connectivity index (χ3v) is 8.87. The SMILES string of the molecule is COc1cc(C2c3cc4c(cc3[C@@H](NC(=O)CNCCCNCCCCNCCCN)[C@H]3COC(=O)C23)OCO4)cc(OC)c1O. The molecule has 0 radical (unpaired) electrons. The Morgan fingerprint density at radius 1 is 0.870 bits per heavy atom. The average molecular weight is 642 g/mol. The van der Waals surface area contributed by atoms with Gasteiger partial charge in [0.15, 0.2) is 23.0 Å². The van der Waals surface area contributed by atoms with Crippen LogP contribution in [0.15, 0.2) is 24.3 Å². The van der Waals surface area contributed by atoms with Gasteiger partial charge in [0.25, 0.3) is 0 Å². The predicted octanol–water partition coefficient (Wildman–Crippen LogP) is 1.52. The third kappa shape index (κ3) is 7.60. The van der Waals surface area contributed by atoms with Gasteiger partial charge in [0.2, 0.25) is 18.4 Å². The minimum Gasteiger partial charge on any atom is -0.502 e. The normalized spacial score (nSPS) is 21.0. The van der Waals surface area contributed by atoms with Crippen molar-refractivity contribution in [1.29, 1.82) is 0 Å². The highest BCUT2D eigenvalue weighted by Gasteiger charge is 2.53. The molecule has 46 heavy (non-hydrogen) atoms. The number of unbranched alkanes of at least 4 members (excludes halogenated alkanes) is 1. The summed E-state index contributed by atoms with van der Waals surface area (Å²) in [5.41, 5.74) is 7.84. The van der Waals surface area contributed by atoms with Crippen molar-refractivity contribution in [1.82, 2.24) is 21.3 Å². The summed E-state index contributed by atoms with van der Waals surface area (Å²) in [6.45, 7) is 5.62. The average Bonchev–Trinajstić information content (AvgIpc) is 3.68. The Bertz CT molecular complexity index is 1330. The number of ether oxygens (including phenoxy) is 5. The van der Waals surface area contributed by atoms with E-state index < -0.39 is 17.9 Å². The Balaban J connectivity index is 1.23. The number of rotatable bonds is 18. The Kier molecular flexibility index (Phi) is 11.8. The number of fused-ring (bicyclic) bond motifs is 3. The van der Waals surface area contributed by atoms with E-state index in [-0.39, 0.29) is 55.0 Å². The fraction of sp³-hybridized carbons (Fsp3) is 0.576. The van der Waals surface area contributed by atoms with Gasteiger partial charge in [-0.2, -0.15) is 0 Å². The van der Waals surface area contributed by atoms with Gasteiger partial charge in [-0.15, -0.1) is 0 Å². The fourth-order valence-corrected chi connectivity index (χ4v) is 6.58. The van der Waals surface area contributed by atoms with Gasteiger partial charge in [-0.3, -0.25) is 9.59 Å². The van der Waals surface area contributed by atoms with Crippen molar-refractivity contribution in [3.63, 3.8) is 0 Å². The van der Waals surface area contributed by atoms with Gasteiger partial charge in [0, 0.05) is 11.8 Å². The number of benzene rings is 2. The lowest BCUT2D eigenvalue weighted by molar-refractivity contribution is -0.141. The van der Waals surface area contributed by atoms with Crippen LogP contribution in [0.4, 0.5) is 0 Å². The van der Waals surface area contributed by atoms with Crippen molar-refractivity contribution < 1.29 is 38.4 Å². The van der Waals surface area contributed by atoms with E-state index in [0.29, 0.717) is 23.6 Å². The number of esters is 1. The van der Waals surface area contributed by atoms with Crippen molar-refractivity contribution in [3.8, 4) is 28.7 Å². The first-order chi connectivity index (χ1) is 22.5. The molecule has 1 saturated heterocycles. The van der Waals surface area contributed by atoms with E-state index in [1.807, 2.05) is 12.1 Å². The Morgan fingerprint density at radius 2 is 1.48 bits per heavy atom. The first-order valence-corrected chi connectivity index (χ1v) is 16.1. The minimum absolute atomic E-state index is 0.0842. The van der Waals surface area contributed by atoms with Crippen LogP contribution in [0.25, 0.3) is 0 Å². The molecule has 1 amide bonds. The number of carbonyl (C=O) groups excluding carboxylic acids is 2. The van der Waals surface area contributed by atoms with Crippen LogP contribution >= 0.6 is 0 Å². The van der Waals surface area contributed by atoms with Crippen LogP contribution < -0.4 is 45.9 Å². The molecule has 7 N–H and O–H groups in total. The van der Waals surface area contributed by atoms with E-state index in [4.69, 9.17) is 29.4 Å². The number of carbonyl (C=O) groups is 2. The Labute approximate surface area is 269 Å². The quantitative estimate of drug-likeness (QED) is 0.102. The molecule has 0 aromatic heterocycles. The second kappa shape index (κ2) is 16.2. The van der Waals surface area contributed by atoms with E-state index in [2.05, 4.69) is 21.3 Å². The van der Waals surface area contributed by atoms with Crippen molar-refractivity contribution in [2.75, 3.05) is 73.4 Å². The van der Waals surface area contributed by atoms with Crippen molar-refractivity contribution in [2.24, 2.45) is 17.6 Å². The van der Waals surface area contributed by atoms with Gasteiger partial charge in [0.1, 0.15) is 0 Å².